The van der Waals surface area contributed by atoms with Gasteiger partial charge in [0, 0.05) is 17.7 Å². The lowest BCUT2D eigenvalue weighted by atomic mass is 10.1. The average Bonchev–Trinajstić information content (AvgIpc) is 3.32. The van der Waals surface area contributed by atoms with E-state index in [1.54, 1.807) is 11.3 Å². The van der Waals surface area contributed by atoms with E-state index < -0.39 is 6.10 Å². The molecule has 2 heterocycles. The topological polar surface area (TPSA) is 51.2 Å². The molecule has 1 aromatic heterocycles. The maximum Gasteiger partial charge on any atom is 0.265 e. The van der Waals surface area contributed by atoms with Crippen LogP contribution in [0.1, 0.15) is 5.56 Å². The molecule has 0 bridgehead atoms. The van der Waals surface area contributed by atoms with E-state index in [1.807, 2.05) is 66.7 Å². The number of amides is 1. The maximum absolute atomic E-state index is 12.6. The molecule has 5 rings (SSSR count). The molecule has 0 unspecified atom stereocenters. The van der Waals surface area contributed by atoms with Gasteiger partial charge in [-0.1, -0.05) is 42.5 Å². The van der Waals surface area contributed by atoms with Crippen molar-refractivity contribution in [3.05, 3.63) is 78.4 Å². The molecule has 1 N–H and O–H groups in total. The minimum atomic E-state index is -0.492. The fourth-order valence-electron chi connectivity index (χ4n) is 3.28. The molecule has 0 saturated carbocycles. The predicted molar refractivity (Wildman–Crippen MR) is 108 cm³/mol. The summed E-state index contributed by atoms with van der Waals surface area (Å²) < 4.78 is 6.93. The SMILES string of the molecule is O=C(Nc1cccc(-c2nc3ccccc3s2)c1)[C@@H]1Cc2ccccc2O1. The third kappa shape index (κ3) is 3.06. The Morgan fingerprint density at radius 1 is 1.04 bits per heavy atom. The van der Waals surface area contributed by atoms with Gasteiger partial charge in [-0.05, 0) is 35.9 Å². The molecule has 1 aliphatic heterocycles. The molecule has 4 nitrogen and oxygen atoms in total. The highest BCUT2D eigenvalue weighted by molar-refractivity contribution is 7.21. The largest absolute Gasteiger partial charge is 0.480 e. The number of carbonyl (C=O) groups excluding carboxylic acids is 1. The Bertz CT molecular complexity index is 1090. The number of benzene rings is 3. The summed E-state index contributed by atoms with van der Waals surface area (Å²) in [5.74, 6) is 0.661. The van der Waals surface area contributed by atoms with Gasteiger partial charge in [0.2, 0.25) is 0 Å². The number of aromatic nitrogens is 1. The number of rotatable bonds is 3. The molecular formula is C22H16N2O2S. The Hall–Kier alpha value is -3.18. The van der Waals surface area contributed by atoms with Gasteiger partial charge in [-0.25, -0.2) is 4.98 Å². The van der Waals surface area contributed by atoms with Gasteiger partial charge < -0.3 is 10.1 Å². The standard InChI is InChI=1S/C22H16N2O2S/c25-21(19-13-14-6-1-3-10-18(14)26-19)23-16-8-5-7-15(12-16)22-24-17-9-2-4-11-20(17)27-22/h1-12,19H,13H2,(H,23,25)/t19-/m0/s1. The highest BCUT2D eigenvalue weighted by atomic mass is 32.1. The van der Waals surface area contributed by atoms with E-state index in [2.05, 4.69) is 16.4 Å². The van der Waals surface area contributed by atoms with Crippen LogP contribution >= 0.6 is 11.3 Å². The molecule has 5 heteroatoms. The van der Waals surface area contributed by atoms with Crippen molar-refractivity contribution in [2.24, 2.45) is 0 Å². The number of anilines is 1. The van der Waals surface area contributed by atoms with Gasteiger partial charge in [0.1, 0.15) is 10.8 Å². The van der Waals surface area contributed by atoms with Crippen LogP contribution in [0.2, 0.25) is 0 Å². The molecule has 0 radical (unpaired) electrons. The first-order chi connectivity index (χ1) is 13.3. The number of nitrogens with zero attached hydrogens (tertiary/aromatic N) is 1. The second kappa shape index (κ2) is 6.52. The van der Waals surface area contributed by atoms with Crippen LogP contribution in [0.3, 0.4) is 0 Å². The summed E-state index contributed by atoms with van der Waals surface area (Å²) in [6.07, 6.45) is 0.105. The van der Waals surface area contributed by atoms with Crippen molar-refractivity contribution in [1.82, 2.24) is 4.98 Å². The Morgan fingerprint density at radius 2 is 1.89 bits per heavy atom. The van der Waals surface area contributed by atoms with Crippen molar-refractivity contribution >= 4 is 33.1 Å². The van der Waals surface area contributed by atoms with E-state index >= 15 is 0 Å². The van der Waals surface area contributed by atoms with Gasteiger partial charge in [-0.2, -0.15) is 0 Å². The molecule has 0 saturated heterocycles. The summed E-state index contributed by atoms with van der Waals surface area (Å²) >= 11 is 1.65. The molecular weight excluding hydrogens is 356 g/mol. The lowest BCUT2D eigenvalue weighted by Gasteiger charge is -2.12. The molecule has 4 aromatic rings. The van der Waals surface area contributed by atoms with Crippen LogP contribution in [0.4, 0.5) is 5.69 Å². The normalized spacial score (nSPS) is 15.3. The number of hydrogen-bond acceptors (Lipinski definition) is 4. The van der Waals surface area contributed by atoms with Gasteiger partial charge in [0.25, 0.3) is 5.91 Å². The highest BCUT2D eigenvalue weighted by Gasteiger charge is 2.28. The summed E-state index contributed by atoms with van der Waals surface area (Å²) in [5, 5.41) is 3.92. The molecule has 0 spiro atoms. The number of thiazole rings is 1. The quantitative estimate of drug-likeness (QED) is 0.556. The predicted octanol–water partition coefficient (Wildman–Crippen LogP) is 4.91. The lowest BCUT2D eigenvalue weighted by Crippen LogP contribution is -2.31. The van der Waals surface area contributed by atoms with Crippen molar-refractivity contribution < 1.29 is 9.53 Å². The molecule has 132 valence electrons. The van der Waals surface area contributed by atoms with Crippen molar-refractivity contribution in [1.29, 1.82) is 0 Å². The van der Waals surface area contributed by atoms with Gasteiger partial charge in [0.15, 0.2) is 6.10 Å². The second-order valence-electron chi connectivity index (χ2n) is 6.48. The molecule has 1 aliphatic rings. The van der Waals surface area contributed by atoms with Crippen LogP contribution < -0.4 is 10.1 Å². The average molecular weight is 372 g/mol. The summed E-state index contributed by atoms with van der Waals surface area (Å²) in [4.78, 5) is 17.3. The fourth-order valence-corrected chi connectivity index (χ4v) is 4.24. The highest BCUT2D eigenvalue weighted by Crippen LogP contribution is 2.32. The van der Waals surface area contributed by atoms with Crippen molar-refractivity contribution in [2.45, 2.75) is 12.5 Å². The van der Waals surface area contributed by atoms with Gasteiger partial charge >= 0.3 is 0 Å². The van der Waals surface area contributed by atoms with E-state index in [0.717, 1.165) is 37.8 Å². The molecule has 1 atom stereocenters. The summed E-state index contributed by atoms with van der Waals surface area (Å²) in [6.45, 7) is 0. The fraction of sp³-hybridized carbons (Fsp3) is 0.0909. The van der Waals surface area contributed by atoms with E-state index in [9.17, 15) is 4.79 Å². The zero-order valence-corrected chi connectivity index (χ0v) is 15.2. The third-order valence-electron chi connectivity index (χ3n) is 4.61. The monoisotopic (exact) mass is 372 g/mol. The Kier molecular flexibility index (Phi) is 3.87. The van der Waals surface area contributed by atoms with Crippen molar-refractivity contribution in [2.75, 3.05) is 5.32 Å². The first-order valence-corrected chi connectivity index (χ1v) is 9.59. The Labute approximate surface area is 160 Å². The molecule has 0 aliphatic carbocycles. The van der Waals surface area contributed by atoms with E-state index in [-0.39, 0.29) is 5.91 Å². The van der Waals surface area contributed by atoms with Gasteiger partial charge in [0.05, 0.1) is 10.2 Å². The number of para-hydroxylation sites is 2. The van der Waals surface area contributed by atoms with Crippen LogP contribution in [-0.2, 0) is 11.2 Å². The van der Waals surface area contributed by atoms with Crippen LogP contribution in [0.25, 0.3) is 20.8 Å². The van der Waals surface area contributed by atoms with Crippen molar-refractivity contribution in [3.63, 3.8) is 0 Å². The van der Waals surface area contributed by atoms with E-state index in [0.29, 0.717) is 6.42 Å². The second-order valence-corrected chi connectivity index (χ2v) is 7.51. The number of carbonyl (C=O) groups is 1. The minimum Gasteiger partial charge on any atom is -0.480 e. The Balaban J connectivity index is 1.36. The first-order valence-electron chi connectivity index (χ1n) is 8.78. The van der Waals surface area contributed by atoms with Crippen LogP contribution in [-0.4, -0.2) is 17.0 Å². The molecule has 3 aromatic carbocycles. The minimum absolute atomic E-state index is 0.132. The first kappa shape index (κ1) is 16.0. The summed E-state index contributed by atoms with van der Waals surface area (Å²) in [6, 6.07) is 23.6. The number of nitrogens with one attached hydrogen (secondary N) is 1. The Morgan fingerprint density at radius 3 is 2.78 bits per heavy atom. The van der Waals surface area contributed by atoms with Gasteiger partial charge in [-0.15, -0.1) is 11.3 Å². The molecule has 0 fully saturated rings. The number of fused-ring (bicyclic) bond motifs is 2. The third-order valence-corrected chi connectivity index (χ3v) is 5.70. The van der Waals surface area contributed by atoms with E-state index in [4.69, 9.17) is 4.74 Å². The van der Waals surface area contributed by atoms with Crippen LogP contribution in [0, 0.1) is 0 Å². The maximum atomic E-state index is 12.6. The van der Waals surface area contributed by atoms with Crippen LogP contribution in [0.5, 0.6) is 5.75 Å². The summed E-state index contributed by atoms with van der Waals surface area (Å²) in [5.41, 5.74) is 3.80. The molecule has 1 amide bonds. The van der Waals surface area contributed by atoms with E-state index in [1.165, 1.54) is 0 Å². The summed E-state index contributed by atoms with van der Waals surface area (Å²) in [7, 11) is 0. The zero-order chi connectivity index (χ0) is 18.2. The number of ether oxygens (including phenoxy) is 1. The molecule has 27 heavy (non-hydrogen) atoms. The number of hydrogen-bond donors (Lipinski definition) is 1. The smallest absolute Gasteiger partial charge is 0.265 e. The zero-order valence-electron chi connectivity index (χ0n) is 14.4. The van der Waals surface area contributed by atoms with Crippen LogP contribution in [0.15, 0.2) is 72.8 Å². The van der Waals surface area contributed by atoms with Crippen molar-refractivity contribution in [3.8, 4) is 16.3 Å². The lowest BCUT2D eigenvalue weighted by molar-refractivity contribution is -0.122. The van der Waals surface area contributed by atoms with Gasteiger partial charge in [-0.3, -0.25) is 4.79 Å².